The molecular formula is C16H25N3O2. The van der Waals surface area contributed by atoms with Crippen LogP contribution in [0.1, 0.15) is 25.3 Å². The normalized spacial score (nSPS) is 16.0. The number of amides is 1. The summed E-state index contributed by atoms with van der Waals surface area (Å²) in [6.07, 6.45) is 3.04. The van der Waals surface area contributed by atoms with E-state index in [0.717, 1.165) is 24.7 Å². The zero-order valence-electron chi connectivity index (χ0n) is 12.6. The van der Waals surface area contributed by atoms with Crippen LogP contribution in [0.25, 0.3) is 0 Å². The van der Waals surface area contributed by atoms with Gasteiger partial charge in [0.05, 0.1) is 6.04 Å². The Morgan fingerprint density at radius 3 is 2.67 bits per heavy atom. The summed E-state index contributed by atoms with van der Waals surface area (Å²) >= 11 is 0. The number of rotatable bonds is 8. The van der Waals surface area contributed by atoms with E-state index in [4.69, 9.17) is 5.73 Å². The zero-order chi connectivity index (χ0) is 15.2. The number of nitrogens with one attached hydrogen (secondary N) is 1. The van der Waals surface area contributed by atoms with Crippen molar-refractivity contribution in [2.45, 2.75) is 38.3 Å². The first-order chi connectivity index (χ1) is 10.1. The lowest BCUT2D eigenvalue weighted by molar-refractivity contribution is -0.122. The number of nitrogens with zero attached hydrogens (tertiary/aromatic N) is 1. The molecule has 0 heterocycles. The molecule has 0 aliphatic heterocycles. The summed E-state index contributed by atoms with van der Waals surface area (Å²) in [5, 5.41) is 12.1. The maximum atomic E-state index is 12.0. The number of hydrogen-bond donors (Lipinski definition) is 3. The number of phenols is 1. The summed E-state index contributed by atoms with van der Waals surface area (Å²) in [6, 6.07) is 6.95. The number of aromatic hydroxyl groups is 1. The van der Waals surface area contributed by atoms with E-state index in [2.05, 4.69) is 17.1 Å². The quantitative estimate of drug-likeness (QED) is 0.664. The monoisotopic (exact) mass is 291 g/mol. The highest BCUT2D eigenvalue weighted by Crippen LogP contribution is 2.25. The minimum Gasteiger partial charge on any atom is -0.508 e. The fourth-order valence-electron chi connectivity index (χ4n) is 2.47. The van der Waals surface area contributed by atoms with Gasteiger partial charge in [0.15, 0.2) is 0 Å². The Kier molecular flexibility index (Phi) is 5.59. The molecule has 1 aliphatic rings. The number of phenolic OH excluding ortho intramolecular Hbond substituents is 1. The van der Waals surface area contributed by atoms with E-state index in [9.17, 15) is 9.90 Å². The number of nitrogens with two attached hydrogens (primary N) is 1. The van der Waals surface area contributed by atoms with Crippen molar-refractivity contribution in [2.24, 2.45) is 5.73 Å². The smallest absolute Gasteiger partial charge is 0.237 e. The second-order valence-corrected chi connectivity index (χ2v) is 5.63. The fourth-order valence-corrected chi connectivity index (χ4v) is 2.47. The van der Waals surface area contributed by atoms with Crippen LogP contribution in [-0.4, -0.2) is 47.6 Å². The molecule has 4 N–H and O–H groups in total. The van der Waals surface area contributed by atoms with Gasteiger partial charge in [-0.1, -0.05) is 19.1 Å². The topological polar surface area (TPSA) is 78.6 Å². The van der Waals surface area contributed by atoms with Gasteiger partial charge < -0.3 is 16.2 Å². The van der Waals surface area contributed by atoms with Crippen molar-refractivity contribution in [2.75, 3.05) is 19.6 Å². The number of likely N-dealkylation sites (N-methyl/N-ethyl adjacent to an activating group) is 1. The maximum absolute atomic E-state index is 12.0. The molecule has 1 aromatic carbocycles. The van der Waals surface area contributed by atoms with E-state index in [0.29, 0.717) is 13.0 Å². The Labute approximate surface area is 126 Å². The number of hydrogen-bond acceptors (Lipinski definition) is 4. The third kappa shape index (κ3) is 5.02. The van der Waals surface area contributed by atoms with E-state index in [1.54, 1.807) is 24.3 Å². The van der Waals surface area contributed by atoms with Gasteiger partial charge in [0.2, 0.25) is 5.91 Å². The Bertz CT molecular complexity index is 457. The lowest BCUT2D eigenvalue weighted by Crippen LogP contribution is -2.45. The minimum absolute atomic E-state index is 0.116. The first-order valence-corrected chi connectivity index (χ1v) is 7.65. The van der Waals surface area contributed by atoms with E-state index in [1.807, 2.05) is 0 Å². The highest BCUT2D eigenvalue weighted by Gasteiger charge is 2.27. The van der Waals surface area contributed by atoms with E-state index in [-0.39, 0.29) is 11.7 Å². The molecule has 0 radical (unpaired) electrons. The van der Waals surface area contributed by atoms with E-state index < -0.39 is 6.04 Å². The molecule has 2 rings (SSSR count). The Morgan fingerprint density at radius 1 is 1.43 bits per heavy atom. The highest BCUT2D eigenvalue weighted by molar-refractivity contribution is 5.81. The molecule has 0 spiro atoms. The van der Waals surface area contributed by atoms with Gasteiger partial charge >= 0.3 is 0 Å². The minimum atomic E-state index is -0.550. The van der Waals surface area contributed by atoms with E-state index in [1.165, 1.54) is 12.8 Å². The summed E-state index contributed by atoms with van der Waals surface area (Å²) < 4.78 is 0. The molecule has 21 heavy (non-hydrogen) atoms. The predicted molar refractivity (Wildman–Crippen MR) is 83.1 cm³/mol. The molecule has 0 aromatic heterocycles. The molecule has 0 bridgehead atoms. The summed E-state index contributed by atoms with van der Waals surface area (Å²) in [5.41, 5.74) is 6.87. The molecule has 1 saturated carbocycles. The molecule has 1 aliphatic carbocycles. The van der Waals surface area contributed by atoms with Crippen molar-refractivity contribution >= 4 is 5.91 Å². The number of carbonyl (C=O) groups excluding carboxylic acids is 1. The van der Waals surface area contributed by atoms with Gasteiger partial charge in [-0.25, -0.2) is 0 Å². The molecule has 1 amide bonds. The van der Waals surface area contributed by atoms with Gasteiger partial charge in [0, 0.05) is 19.1 Å². The van der Waals surface area contributed by atoms with Crippen LogP contribution < -0.4 is 11.1 Å². The Balaban J connectivity index is 1.70. The van der Waals surface area contributed by atoms with Crippen LogP contribution in [-0.2, 0) is 11.2 Å². The van der Waals surface area contributed by atoms with Gasteiger partial charge in [-0.2, -0.15) is 0 Å². The molecule has 1 atom stereocenters. The first kappa shape index (κ1) is 15.8. The van der Waals surface area contributed by atoms with Crippen molar-refractivity contribution in [3.05, 3.63) is 29.8 Å². The molecule has 0 unspecified atom stereocenters. The van der Waals surface area contributed by atoms with Crippen molar-refractivity contribution in [1.29, 1.82) is 0 Å². The fraction of sp³-hybridized carbons (Fsp3) is 0.562. The van der Waals surface area contributed by atoms with Crippen molar-refractivity contribution < 1.29 is 9.90 Å². The van der Waals surface area contributed by atoms with Crippen LogP contribution in [0.4, 0.5) is 0 Å². The lowest BCUT2D eigenvalue weighted by atomic mass is 10.1. The second-order valence-electron chi connectivity index (χ2n) is 5.63. The average molecular weight is 291 g/mol. The predicted octanol–water partition coefficient (Wildman–Crippen LogP) is 0.863. The average Bonchev–Trinajstić information content (AvgIpc) is 3.30. The van der Waals surface area contributed by atoms with Gasteiger partial charge in [0.25, 0.3) is 0 Å². The molecule has 0 saturated heterocycles. The molecule has 1 fully saturated rings. The number of carbonyl (C=O) groups is 1. The molecule has 5 nitrogen and oxygen atoms in total. The second kappa shape index (κ2) is 7.43. The van der Waals surface area contributed by atoms with Crippen molar-refractivity contribution in [3.8, 4) is 5.75 Å². The molecule has 5 heteroatoms. The largest absolute Gasteiger partial charge is 0.508 e. The first-order valence-electron chi connectivity index (χ1n) is 7.65. The van der Waals surface area contributed by atoms with Crippen LogP contribution >= 0.6 is 0 Å². The summed E-state index contributed by atoms with van der Waals surface area (Å²) in [4.78, 5) is 14.4. The van der Waals surface area contributed by atoms with Gasteiger partial charge in [0.1, 0.15) is 5.75 Å². The zero-order valence-corrected chi connectivity index (χ0v) is 12.6. The maximum Gasteiger partial charge on any atom is 0.237 e. The van der Waals surface area contributed by atoms with Crippen LogP contribution in [0.5, 0.6) is 5.75 Å². The summed E-state index contributed by atoms with van der Waals surface area (Å²) in [5.74, 6) is 0.103. The summed E-state index contributed by atoms with van der Waals surface area (Å²) in [7, 11) is 0. The summed E-state index contributed by atoms with van der Waals surface area (Å²) in [6.45, 7) is 4.71. The lowest BCUT2D eigenvalue weighted by Gasteiger charge is -2.20. The molecular weight excluding hydrogens is 266 g/mol. The van der Waals surface area contributed by atoms with Crippen LogP contribution in [0.15, 0.2) is 24.3 Å². The van der Waals surface area contributed by atoms with E-state index >= 15 is 0 Å². The van der Waals surface area contributed by atoms with Crippen molar-refractivity contribution in [1.82, 2.24) is 10.2 Å². The van der Waals surface area contributed by atoms with Gasteiger partial charge in [-0.15, -0.1) is 0 Å². The Hall–Kier alpha value is -1.59. The SMILES string of the molecule is CCN(CCNC(=O)[C@H](N)Cc1ccc(O)cc1)C1CC1. The van der Waals surface area contributed by atoms with Crippen molar-refractivity contribution in [3.63, 3.8) is 0 Å². The van der Waals surface area contributed by atoms with Gasteiger partial charge in [-0.3, -0.25) is 9.69 Å². The highest BCUT2D eigenvalue weighted by atomic mass is 16.3. The molecule has 116 valence electrons. The Morgan fingerprint density at radius 2 is 2.10 bits per heavy atom. The van der Waals surface area contributed by atoms with Crippen LogP contribution in [0, 0.1) is 0 Å². The molecule has 1 aromatic rings. The van der Waals surface area contributed by atoms with Gasteiger partial charge in [-0.05, 0) is 43.5 Å². The van der Waals surface area contributed by atoms with Crippen LogP contribution in [0.2, 0.25) is 0 Å². The third-order valence-electron chi connectivity index (χ3n) is 3.90. The van der Waals surface area contributed by atoms with Crippen LogP contribution in [0.3, 0.4) is 0 Å². The standard InChI is InChI=1S/C16H25N3O2/c1-2-19(13-5-6-13)10-9-18-16(21)15(17)11-12-3-7-14(20)8-4-12/h3-4,7-8,13,15,20H,2,5-6,9-11,17H2,1H3,(H,18,21)/t15-/m1/s1. The number of benzene rings is 1. The third-order valence-corrected chi connectivity index (χ3v) is 3.90.